The fourth-order valence-electron chi connectivity index (χ4n) is 1.99. The number of alkyl halides is 1. The Kier molecular flexibility index (Phi) is 16.0. The van der Waals surface area contributed by atoms with Gasteiger partial charge in [-0.3, -0.25) is 9.59 Å². The van der Waals surface area contributed by atoms with Gasteiger partial charge in [-0.25, -0.2) is 0 Å². The summed E-state index contributed by atoms with van der Waals surface area (Å²) in [6, 6.07) is 0. The average molecular weight is 335 g/mol. The number of hydrogen-bond acceptors (Lipinski definition) is 4. The van der Waals surface area contributed by atoms with Crippen LogP contribution in [-0.2, 0) is 19.1 Å². The zero-order chi connectivity index (χ0) is 16.5. The fourth-order valence-corrected chi connectivity index (χ4v) is 2.18. The Bertz CT molecular complexity index is 282. The van der Waals surface area contributed by atoms with Crippen molar-refractivity contribution in [1.82, 2.24) is 0 Å². The first kappa shape index (κ1) is 21.2. The monoisotopic (exact) mass is 334 g/mol. The molecule has 4 nitrogen and oxygen atoms in total. The van der Waals surface area contributed by atoms with Crippen LogP contribution in [0.15, 0.2) is 0 Å². The minimum Gasteiger partial charge on any atom is -0.465 e. The number of carbonyl (C=O) groups excluding carboxylic acids is 2. The number of ether oxygens (including phenoxy) is 2. The third-order valence-electron chi connectivity index (χ3n) is 3.34. The molecule has 0 aliphatic carbocycles. The van der Waals surface area contributed by atoms with Gasteiger partial charge >= 0.3 is 11.9 Å². The van der Waals surface area contributed by atoms with Crippen molar-refractivity contribution in [3.63, 3.8) is 0 Å². The van der Waals surface area contributed by atoms with Crippen LogP contribution in [0, 0.1) is 0 Å². The smallest absolute Gasteiger partial charge is 0.317 e. The van der Waals surface area contributed by atoms with E-state index in [9.17, 15) is 9.59 Å². The standard InChI is InChI=1S/C17H31ClO4/c1-2-3-13-21-16(19)15-17(20)22-14-11-9-7-5-4-6-8-10-12-18/h2-15H2,1H3. The van der Waals surface area contributed by atoms with Crippen molar-refractivity contribution in [2.24, 2.45) is 0 Å². The van der Waals surface area contributed by atoms with Crippen molar-refractivity contribution < 1.29 is 19.1 Å². The van der Waals surface area contributed by atoms with E-state index in [1.807, 2.05) is 6.92 Å². The van der Waals surface area contributed by atoms with Crippen LogP contribution in [0.1, 0.15) is 77.6 Å². The van der Waals surface area contributed by atoms with Gasteiger partial charge in [0.15, 0.2) is 0 Å². The molecule has 5 heteroatoms. The number of esters is 2. The van der Waals surface area contributed by atoms with Crippen LogP contribution in [0.5, 0.6) is 0 Å². The Morgan fingerprint density at radius 3 is 1.68 bits per heavy atom. The van der Waals surface area contributed by atoms with Crippen molar-refractivity contribution in [3.8, 4) is 0 Å². The van der Waals surface area contributed by atoms with Gasteiger partial charge in [-0.05, 0) is 19.3 Å². The molecule has 0 aromatic carbocycles. The minimum atomic E-state index is -0.490. The van der Waals surface area contributed by atoms with E-state index < -0.39 is 11.9 Å². The van der Waals surface area contributed by atoms with Crippen molar-refractivity contribution in [2.75, 3.05) is 19.1 Å². The number of unbranched alkanes of at least 4 members (excludes halogenated alkanes) is 8. The largest absolute Gasteiger partial charge is 0.465 e. The highest BCUT2D eigenvalue weighted by Crippen LogP contribution is 2.09. The molecular formula is C17H31ClO4. The number of rotatable bonds is 15. The van der Waals surface area contributed by atoms with Gasteiger partial charge in [0.2, 0.25) is 0 Å². The maximum atomic E-state index is 11.4. The molecule has 0 saturated heterocycles. The summed E-state index contributed by atoms with van der Waals surface area (Å²) in [5, 5.41) is 0. The van der Waals surface area contributed by atoms with E-state index in [2.05, 4.69) is 0 Å². The topological polar surface area (TPSA) is 52.6 Å². The van der Waals surface area contributed by atoms with Crippen LogP contribution < -0.4 is 0 Å². The molecule has 0 aromatic heterocycles. The highest BCUT2D eigenvalue weighted by atomic mass is 35.5. The van der Waals surface area contributed by atoms with Gasteiger partial charge in [0, 0.05) is 5.88 Å². The van der Waals surface area contributed by atoms with Crippen LogP contribution in [0.2, 0.25) is 0 Å². The van der Waals surface area contributed by atoms with Crippen molar-refractivity contribution >= 4 is 23.5 Å². The Hall–Kier alpha value is -0.770. The fraction of sp³-hybridized carbons (Fsp3) is 0.882. The summed E-state index contributed by atoms with van der Waals surface area (Å²) < 4.78 is 9.93. The molecule has 130 valence electrons. The molecular weight excluding hydrogens is 304 g/mol. The van der Waals surface area contributed by atoms with Crippen molar-refractivity contribution in [1.29, 1.82) is 0 Å². The second-order valence-electron chi connectivity index (χ2n) is 5.49. The quantitative estimate of drug-likeness (QED) is 0.190. The molecule has 0 heterocycles. The summed E-state index contributed by atoms with van der Waals surface area (Å²) in [6.07, 6.45) is 10.6. The molecule has 0 saturated carbocycles. The van der Waals surface area contributed by atoms with Crippen molar-refractivity contribution in [2.45, 2.75) is 77.6 Å². The Morgan fingerprint density at radius 1 is 0.727 bits per heavy atom. The van der Waals surface area contributed by atoms with Gasteiger partial charge in [-0.1, -0.05) is 51.9 Å². The van der Waals surface area contributed by atoms with Gasteiger partial charge in [-0.2, -0.15) is 0 Å². The highest BCUT2D eigenvalue weighted by Gasteiger charge is 2.11. The maximum absolute atomic E-state index is 11.4. The third kappa shape index (κ3) is 15.6. The lowest BCUT2D eigenvalue weighted by atomic mass is 10.1. The average Bonchev–Trinajstić information content (AvgIpc) is 2.49. The van der Waals surface area contributed by atoms with Gasteiger partial charge in [0.25, 0.3) is 0 Å². The van der Waals surface area contributed by atoms with Crippen LogP contribution in [0.3, 0.4) is 0 Å². The summed E-state index contributed by atoms with van der Waals surface area (Å²) in [4.78, 5) is 22.7. The zero-order valence-electron chi connectivity index (χ0n) is 13.9. The first-order chi connectivity index (χ1) is 10.7. The van der Waals surface area contributed by atoms with E-state index >= 15 is 0 Å². The molecule has 0 fully saturated rings. The molecule has 0 aromatic rings. The predicted molar refractivity (Wildman–Crippen MR) is 89.1 cm³/mol. The van der Waals surface area contributed by atoms with Gasteiger partial charge in [0.1, 0.15) is 6.42 Å². The van der Waals surface area contributed by atoms with Gasteiger partial charge in [-0.15, -0.1) is 11.6 Å². The van der Waals surface area contributed by atoms with E-state index in [4.69, 9.17) is 21.1 Å². The maximum Gasteiger partial charge on any atom is 0.317 e. The summed E-state index contributed by atoms with van der Waals surface area (Å²) in [5.41, 5.74) is 0. The molecule has 0 bridgehead atoms. The summed E-state index contributed by atoms with van der Waals surface area (Å²) >= 11 is 5.62. The summed E-state index contributed by atoms with van der Waals surface area (Å²) in [5.74, 6) is -0.213. The first-order valence-electron chi connectivity index (χ1n) is 8.58. The van der Waals surface area contributed by atoms with E-state index in [1.165, 1.54) is 25.7 Å². The number of hydrogen-bond donors (Lipinski definition) is 0. The number of carbonyl (C=O) groups is 2. The Morgan fingerprint density at radius 2 is 1.18 bits per heavy atom. The van der Waals surface area contributed by atoms with Crippen LogP contribution in [0.4, 0.5) is 0 Å². The lowest BCUT2D eigenvalue weighted by Crippen LogP contribution is -2.15. The normalized spacial score (nSPS) is 10.5. The van der Waals surface area contributed by atoms with E-state index in [1.54, 1.807) is 0 Å². The molecule has 0 atom stereocenters. The summed E-state index contributed by atoms with van der Waals surface area (Å²) in [7, 11) is 0. The second kappa shape index (κ2) is 16.6. The SMILES string of the molecule is CCCCOC(=O)CC(=O)OCCCCCCCCCCCl. The summed E-state index contributed by atoms with van der Waals surface area (Å²) in [6.45, 7) is 2.79. The zero-order valence-corrected chi connectivity index (χ0v) is 14.7. The second-order valence-corrected chi connectivity index (χ2v) is 5.87. The molecule has 22 heavy (non-hydrogen) atoms. The van der Waals surface area contributed by atoms with Crippen LogP contribution >= 0.6 is 11.6 Å². The molecule has 0 rings (SSSR count). The lowest BCUT2D eigenvalue weighted by molar-refractivity contribution is -0.154. The van der Waals surface area contributed by atoms with E-state index in [0.717, 1.165) is 44.4 Å². The van der Waals surface area contributed by atoms with Gasteiger partial charge < -0.3 is 9.47 Å². The lowest BCUT2D eigenvalue weighted by Gasteiger charge is -2.05. The Labute approximate surface area is 139 Å². The van der Waals surface area contributed by atoms with Crippen LogP contribution in [-0.4, -0.2) is 31.0 Å². The highest BCUT2D eigenvalue weighted by molar-refractivity contribution is 6.17. The Balaban J connectivity index is 3.29. The molecule has 0 unspecified atom stereocenters. The molecule has 0 N–H and O–H groups in total. The first-order valence-corrected chi connectivity index (χ1v) is 9.11. The third-order valence-corrected chi connectivity index (χ3v) is 3.61. The van der Waals surface area contributed by atoms with Gasteiger partial charge in [0.05, 0.1) is 13.2 Å². The minimum absolute atomic E-state index is 0.274. The predicted octanol–water partition coefficient (Wildman–Crippen LogP) is 4.62. The molecule has 0 amide bonds. The van der Waals surface area contributed by atoms with Crippen LogP contribution in [0.25, 0.3) is 0 Å². The van der Waals surface area contributed by atoms with E-state index in [-0.39, 0.29) is 6.42 Å². The molecule has 0 radical (unpaired) electrons. The molecule has 0 aliphatic rings. The molecule has 0 spiro atoms. The number of halogens is 1. The molecule has 0 aliphatic heterocycles. The van der Waals surface area contributed by atoms with E-state index in [0.29, 0.717) is 13.2 Å². The van der Waals surface area contributed by atoms with Crippen molar-refractivity contribution in [3.05, 3.63) is 0 Å².